The van der Waals surface area contributed by atoms with Crippen LogP contribution in [0.25, 0.3) is 0 Å². The van der Waals surface area contributed by atoms with Crippen molar-refractivity contribution in [3.8, 4) is 0 Å². The average Bonchev–Trinajstić information content (AvgIpc) is 2.93. The molecule has 3 saturated carbocycles. The minimum absolute atomic E-state index is 0. The Bertz CT molecular complexity index is 1050. The Morgan fingerprint density at radius 2 is 1.80 bits per heavy atom. The maximum Gasteiger partial charge on any atom is 0.407 e. The van der Waals surface area contributed by atoms with Crippen LogP contribution in [0.2, 0.25) is 0 Å². The first-order valence-electron chi connectivity index (χ1n) is 17.4. The third kappa shape index (κ3) is 9.29. The molecule has 0 radical (unpaired) electrons. The second kappa shape index (κ2) is 15.3. The van der Waals surface area contributed by atoms with Crippen LogP contribution in [-0.4, -0.2) is 51.2 Å². The Balaban J connectivity index is 0.00000552. The summed E-state index contributed by atoms with van der Waals surface area (Å²) in [7, 11) is 0. The highest BCUT2D eigenvalue weighted by atomic mass is 16.6. The fourth-order valence-electron chi connectivity index (χ4n) is 10.1. The number of alkyl carbamates (subject to hydrolysis) is 2. The number of rotatable bonds is 11. The number of allylic oxidation sites excluding steroid dienone is 2. The quantitative estimate of drug-likeness (QED) is 0.176. The Labute approximate surface area is 275 Å². The van der Waals surface area contributed by atoms with Crippen molar-refractivity contribution in [2.75, 3.05) is 33.0 Å². The number of amides is 2. The van der Waals surface area contributed by atoms with Gasteiger partial charge in [-0.2, -0.15) is 0 Å². The van der Waals surface area contributed by atoms with Crippen LogP contribution in [-0.2, 0) is 14.2 Å². The number of carbonyl (C=O) groups is 2. The van der Waals surface area contributed by atoms with E-state index in [1.165, 1.54) is 32.1 Å². The maximum atomic E-state index is 13.1. The van der Waals surface area contributed by atoms with Gasteiger partial charge in [-0.1, -0.05) is 80.0 Å². The molecule has 258 valence electrons. The van der Waals surface area contributed by atoms with E-state index in [9.17, 15) is 9.59 Å². The predicted molar refractivity (Wildman–Crippen MR) is 183 cm³/mol. The summed E-state index contributed by atoms with van der Waals surface area (Å²) in [5, 5.41) is 6.17. The van der Waals surface area contributed by atoms with Crippen molar-refractivity contribution in [3.05, 3.63) is 24.3 Å². The van der Waals surface area contributed by atoms with Gasteiger partial charge in [0.1, 0.15) is 6.61 Å². The molecule has 7 atom stereocenters. The summed E-state index contributed by atoms with van der Waals surface area (Å²) in [6.07, 6.45) is 14.7. The van der Waals surface area contributed by atoms with E-state index in [-0.39, 0.29) is 42.4 Å². The minimum atomic E-state index is -0.421. The van der Waals surface area contributed by atoms with Crippen LogP contribution >= 0.6 is 0 Å². The van der Waals surface area contributed by atoms with Gasteiger partial charge in [0.05, 0.1) is 19.8 Å². The largest absolute Gasteiger partial charge is 0.449 e. The molecule has 0 aliphatic heterocycles. The van der Waals surface area contributed by atoms with Gasteiger partial charge in [0.25, 0.3) is 0 Å². The zero-order chi connectivity index (χ0) is 32.2. The number of hydrogen-bond donors (Lipinski definition) is 2. The molecule has 0 aromatic rings. The third-order valence-corrected chi connectivity index (χ3v) is 11.9. The van der Waals surface area contributed by atoms with Crippen molar-refractivity contribution >= 4 is 12.2 Å². The molecule has 0 heterocycles. The van der Waals surface area contributed by atoms with E-state index >= 15 is 0 Å². The zero-order valence-electron chi connectivity index (χ0n) is 28.9. The Hall–Kier alpha value is -2.02. The monoisotopic (exact) mass is 630 g/mol. The van der Waals surface area contributed by atoms with Crippen LogP contribution in [0, 0.1) is 45.3 Å². The average molecular weight is 631 g/mol. The molecule has 0 bridgehead atoms. The molecule has 2 amide bonds. The summed E-state index contributed by atoms with van der Waals surface area (Å²) in [6.45, 7) is 21.9. The van der Waals surface area contributed by atoms with Gasteiger partial charge in [-0.15, -0.1) is 6.58 Å². The fraction of sp³-hybridized carbons (Fsp3) is 0.842. The highest BCUT2D eigenvalue weighted by Gasteiger charge is 2.55. The first kappa shape index (κ1) is 37.4. The highest BCUT2D eigenvalue weighted by Crippen LogP contribution is 2.63. The van der Waals surface area contributed by atoms with E-state index in [1.807, 2.05) is 0 Å². The number of fused-ring (bicyclic) bond motifs is 3. The molecule has 7 nitrogen and oxygen atoms in total. The summed E-state index contributed by atoms with van der Waals surface area (Å²) < 4.78 is 16.6. The summed E-state index contributed by atoms with van der Waals surface area (Å²) >= 11 is 0. The molecule has 0 spiro atoms. The van der Waals surface area contributed by atoms with Crippen molar-refractivity contribution < 1.29 is 23.8 Å². The van der Waals surface area contributed by atoms with Crippen molar-refractivity contribution in [2.24, 2.45) is 45.3 Å². The summed E-state index contributed by atoms with van der Waals surface area (Å²) in [5.41, 5.74) is 1.86. The number of carbonyl (C=O) groups excluding carboxylic acids is 2. The van der Waals surface area contributed by atoms with Gasteiger partial charge in [0, 0.05) is 18.0 Å². The lowest BCUT2D eigenvalue weighted by molar-refractivity contribution is -0.0818. The van der Waals surface area contributed by atoms with Gasteiger partial charge in [-0.25, -0.2) is 9.59 Å². The molecule has 7 unspecified atom stereocenters. The van der Waals surface area contributed by atoms with Crippen molar-refractivity contribution in [2.45, 2.75) is 126 Å². The minimum Gasteiger partial charge on any atom is -0.449 e. The van der Waals surface area contributed by atoms with Gasteiger partial charge < -0.3 is 24.8 Å². The van der Waals surface area contributed by atoms with E-state index in [2.05, 4.69) is 71.8 Å². The first-order chi connectivity index (χ1) is 20.7. The highest BCUT2D eigenvalue weighted by molar-refractivity contribution is 5.68. The molecule has 7 heteroatoms. The molecular weight excluding hydrogens is 564 g/mol. The van der Waals surface area contributed by atoms with Crippen LogP contribution in [0.15, 0.2) is 24.3 Å². The Morgan fingerprint density at radius 1 is 1.04 bits per heavy atom. The topological polar surface area (TPSA) is 85.9 Å². The molecule has 0 aromatic carbocycles. The Kier molecular flexibility index (Phi) is 12.7. The number of ether oxygens (including phenoxy) is 3. The molecule has 4 rings (SSSR count). The normalized spacial score (nSPS) is 35.5. The third-order valence-electron chi connectivity index (χ3n) is 11.9. The SMILES string of the molecule is C.C=CCOCCOC(=O)NC1CC(C)(C)CC(C)(CNC(=O)OCC2(C)CCCC3(C)C4CCC(C(C)C)CC4=CCC23)C1. The van der Waals surface area contributed by atoms with Crippen molar-refractivity contribution in [1.29, 1.82) is 0 Å². The summed E-state index contributed by atoms with van der Waals surface area (Å²) in [5.74, 6) is 2.80. The molecule has 45 heavy (non-hydrogen) atoms. The predicted octanol–water partition coefficient (Wildman–Crippen LogP) is 9.08. The van der Waals surface area contributed by atoms with Crippen LogP contribution < -0.4 is 10.6 Å². The number of hydrogen-bond acceptors (Lipinski definition) is 5. The molecular formula is C38H66N2O5. The molecule has 4 aliphatic carbocycles. The van der Waals surface area contributed by atoms with E-state index < -0.39 is 6.09 Å². The summed E-state index contributed by atoms with van der Waals surface area (Å²) in [6, 6.07) is -0.0261. The van der Waals surface area contributed by atoms with Gasteiger partial charge in [0.15, 0.2) is 0 Å². The van der Waals surface area contributed by atoms with Crippen molar-refractivity contribution in [1.82, 2.24) is 10.6 Å². The standard InChI is InChI=1S/C37H62N2O5.CH4/c1-9-17-42-18-19-43-33(41)39-29-21-34(4,5)23-35(6,22-29)24-38-32(40)44-25-36(7)15-10-16-37(8)30-13-11-27(26(2)3)20-28(30)12-14-31(36)37;/h9,12,26-27,29-31H,1,10-11,13-25H2,2-8H3,(H,38,40)(H,39,41);1H4. The Morgan fingerprint density at radius 3 is 2.51 bits per heavy atom. The second-order valence-corrected chi connectivity index (χ2v) is 16.7. The fourth-order valence-corrected chi connectivity index (χ4v) is 10.1. The van der Waals surface area contributed by atoms with Gasteiger partial charge in [-0.3, -0.25) is 0 Å². The van der Waals surface area contributed by atoms with Gasteiger partial charge >= 0.3 is 12.2 Å². The molecule has 2 N–H and O–H groups in total. The van der Waals surface area contributed by atoms with Crippen LogP contribution in [0.1, 0.15) is 120 Å². The second-order valence-electron chi connectivity index (χ2n) is 16.7. The molecule has 0 aromatic heterocycles. The smallest absolute Gasteiger partial charge is 0.407 e. The van der Waals surface area contributed by atoms with Gasteiger partial charge in [-0.05, 0) is 97.7 Å². The summed E-state index contributed by atoms with van der Waals surface area (Å²) in [4.78, 5) is 25.6. The van der Waals surface area contributed by atoms with Crippen molar-refractivity contribution in [3.63, 3.8) is 0 Å². The van der Waals surface area contributed by atoms with Gasteiger partial charge in [0.2, 0.25) is 0 Å². The van der Waals surface area contributed by atoms with E-state index in [1.54, 1.807) is 11.6 Å². The molecule has 4 aliphatic rings. The lowest BCUT2D eigenvalue weighted by Crippen LogP contribution is -2.53. The van der Waals surface area contributed by atoms with Crippen LogP contribution in [0.3, 0.4) is 0 Å². The van der Waals surface area contributed by atoms with E-state index in [4.69, 9.17) is 14.2 Å². The zero-order valence-corrected chi connectivity index (χ0v) is 28.9. The lowest BCUT2D eigenvalue weighted by atomic mass is 9.46. The number of nitrogens with one attached hydrogen (secondary N) is 2. The van der Waals surface area contributed by atoms with E-state index in [0.717, 1.165) is 43.9 Å². The van der Waals surface area contributed by atoms with E-state index in [0.29, 0.717) is 43.6 Å². The first-order valence-corrected chi connectivity index (χ1v) is 17.4. The molecule has 0 saturated heterocycles. The van der Waals surface area contributed by atoms with Crippen LogP contribution in [0.4, 0.5) is 9.59 Å². The van der Waals surface area contributed by atoms with Crippen LogP contribution in [0.5, 0.6) is 0 Å². The lowest BCUT2D eigenvalue weighted by Gasteiger charge is -2.59. The maximum absolute atomic E-state index is 13.1. The molecule has 3 fully saturated rings.